The summed E-state index contributed by atoms with van der Waals surface area (Å²) in [7, 11) is 0. The van der Waals surface area contributed by atoms with Gasteiger partial charge in [0.05, 0.1) is 0 Å². The fraction of sp³-hybridized carbons (Fsp3) is 0.125. The number of rotatable bonds is 1. The van der Waals surface area contributed by atoms with Crippen LogP contribution < -0.4 is 0 Å². The Labute approximate surface area is 91.4 Å². The van der Waals surface area contributed by atoms with Gasteiger partial charge in [-0.3, -0.25) is 7.86 Å². The maximum atomic E-state index is 10.3. The van der Waals surface area contributed by atoms with E-state index in [1.807, 2.05) is 0 Å². The van der Waals surface area contributed by atoms with Gasteiger partial charge in [-0.2, -0.15) is 0 Å². The Morgan fingerprint density at radius 3 is 2.08 bits per heavy atom. The van der Waals surface area contributed by atoms with Crippen LogP contribution in [0, 0.1) is 3.57 Å². The third kappa shape index (κ3) is 7.86. The van der Waals surface area contributed by atoms with E-state index in [1.165, 1.54) is 0 Å². The molecule has 0 atom stereocenters. The zero-order chi connectivity index (χ0) is 10.3. The average Bonchev–Trinajstić information content (AvgIpc) is 2.05. The minimum Gasteiger partial charge on any atom is -0.481 e. The summed E-state index contributed by atoms with van der Waals surface area (Å²) in [4.78, 5) is 9.00. The first-order valence-corrected chi connectivity index (χ1v) is 5.62. The van der Waals surface area contributed by atoms with Crippen LogP contribution in [0.3, 0.4) is 0 Å². The molecule has 3 nitrogen and oxygen atoms in total. The lowest BCUT2D eigenvalue weighted by atomic mass is 10.4. The minimum atomic E-state index is -1.01. The van der Waals surface area contributed by atoms with E-state index < -0.39 is 27.2 Å². The first-order chi connectivity index (χ1) is 6.06. The van der Waals surface area contributed by atoms with Gasteiger partial charge in [-0.15, -0.1) is 0 Å². The molecule has 5 heteroatoms. The van der Waals surface area contributed by atoms with E-state index in [9.17, 15) is 3.07 Å². The van der Waals surface area contributed by atoms with Gasteiger partial charge in [0.2, 0.25) is 0 Å². The van der Waals surface area contributed by atoms with Crippen molar-refractivity contribution < 1.29 is 13.0 Å². The molecule has 0 bridgehead atoms. The second-order valence-electron chi connectivity index (χ2n) is 2.03. The Morgan fingerprint density at radius 2 is 1.77 bits per heavy atom. The van der Waals surface area contributed by atoms with Crippen LogP contribution in [0.4, 0.5) is 0 Å². The van der Waals surface area contributed by atoms with Crippen molar-refractivity contribution in [1.82, 2.24) is 0 Å². The van der Waals surface area contributed by atoms with Crippen LogP contribution in [-0.2, 0) is 7.86 Å². The zero-order valence-corrected chi connectivity index (χ0v) is 9.74. The maximum Gasteiger partial charge on any atom is 0.300 e. The van der Waals surface area contributed by atoms with Gasteiger partial charge in [0.15, 0.2) is 21.2 Å². The molecule has 0 saturated carbocycles. The molecule has 0 aliphatic rings. The standard InChI is InChI=1S/C6H4ClIO.C2H4O2/c7-5-1-3-6(8-9)4-2-5;1-2(3)4/h1-4H;1H3,(H,3,4). The van der Waals surface area contributed by atoms with Crippen molar-refractivity contribution in [3.63, 3.8) is 0 Å². The molecule has 0 aromatic heterocycles. The molecule has 1 N–H and O–H groups in total. The van der Waals surface area contributed by atoms with Crippen molar-refractivity contribution in [3.05, 3.63) is 32.9 Å². The molecule has 1 rings (SSSR count). The SMILES string of the molecule is CC(=O)O.O=Ic1ccc(Cl)cc1. The largest absolute Gasteiger partial charge is 0.481 e. The number of carbonyl (C=O) groups is 1. The molecule has 0 spiro atoms. The first kappa shape index (κ1) is 12.5. The van der Waals surface area contributed by atoms with Crippen LogP contribution in [-0.4, -0.2) is 11.1 Å². The number of aliphatic carboxylic acids is 1. The Balaban J connectivity index is 0.000000310. The Hall–Kier alpha value is -0.490. The van der Waals surface area contributed by atoms with Crippen molar-refractivity contribution in [3.8, 4) is 0 Å². The van der Waals surface area contributed by atoms with Gasteiger partial charge in [-0.1, -0.05) is 11.6 Å². The molecule has 0 fully saturated rings. The molecule has 0 heterocycles. The highest BCUT2D eigenvalue weighted by atomic mass is 127. The van der Waals surface area contributed by atoms with E-state index in [0.717, 1.165) is 10.5 Å². The van der Waals surface area contributed by atoms with E-state index in [1.54, 1.807) is 24.3 Å². The lowest BCUT2D eigenvalue weighted by Crippen LogP contribution is -1.78. The normalized spacial score (nSPS) is 8.46. The number of hydrogen-bond donors (Lipinski definition) is 1. The molecule has 0 amide bonds. The van der Waals surface area contributed by atoms with E-state index in [4.69, 9.17) is 21.5 Å². The second kappa shape index (κ2) is 6.97. The number of benzene rings is 1. The summed E-state index contributed by atoms with van der Waals surface area (Å²) in [5, 5.41) is 8.11. The topological polar surface area (TPSA) is 54.4 Å². The van der Waals surface area contributed by atoms with Gasteiger partial charge in [-0.05, 0) is 24.3 Å². The fourth-order valence-corrected chi connectivity index (χ4v) is 1.26. The third-order valence-corrected chi connectivity index (χ3v) is 2.37. The molecule has 0 aliphatic heterocycles. The van der Waals surface area contributed by atoms with Crippen molar-refractivity contribution >= 4 is 38.8 Å². The van der Waals surface area contributed by atoms with Crippen LogP contribution in [0.1, 0.15) is 6.92 Å². The van der Waals surface area contributed by atoms with Gasteiger partial charge in [0.25, 0.3) is 5.97 Å². The van der Waals surface area contributed by atoms with Crippen LogP contribution in [0.2, 0.25) is 5.02 Å². The Bertz CT molecular complexity index is 280. The van der Waals surface area contributed by atoms with E-state index in [-0.39, 0.29) is 0 Å². The maximum absolute atomic E-state index is 10.3. The molecule has 1 aromatic carbocycles. The molecular formula is C8H8ClIO3. The molecule has 0 radical (unpaired) electrons. The number of halogens is 2. The summed E-state index contributed by atoms with van der Waals surface area (Å²) < 4.78 is 11.2. The van der Waals surface area contributed by atoms with E-state index >= 15 is 0 Å². The molecule has 0 aliphatic carbocycles. The van der Waals surface area contributed by atoms with E-state index in [0.29, 0.717) is 5.02 Å². The number of hydrogen-bond acceptors (Lipinski definition) is 2. The lowest BCUT2D eigenvalue weighted by molar-refractivity contribution is -0.134. The van der Waals surface area contributed by atoms with Crippen LogP contribution in [0.25, 0.3) is 0 Å². The van der Waals surface area contributed by atoms with Gasteiger partial charge < -0.3 is 5.11 Å². The number of carboxylic acid groups (broad SMARTS) is 1. The third-order valence-electron chi connectivity index (χ3n) is 0.893. The summed E-state index contributed by atoms with van der Waals surface area (Å²) in [6.07, 6.45) is 0. The van der Waals surface area contributed by atoms with Crippen molar-refractivity contribution in [2.75, 3.05) is 0 Å². The fourth-order valence-electron chi connectivity index (χ4n) is 0.481. The lowest BCUT2D eigenvalue weighted by Gasteiger charge is -1.86. The summed E-state index contributed by atoms with van der Waals surface area (Å²) in [6.45, 7) is 1.08. The van der Waals surface area contributed by atoms with Crippen LogP contribution in [0.15, 0.2) is 24.3 Å². The number of carboxylic acids is 1. The summed E-state index contributed by atoms with van der Waals surface area (Å²) in [5.74, 6) is -0.833. The molecule has 0 saturated heterocycles. The second-order valence-corrected chi connectivity index (χ2v) is 4.16. The zero-order valence-electron chi connectivity index (χ0n) is 6.83. The monoisotopic (exact) mass is 314 g/mol. The summed E-state index contributed by atoms with van der Waals surface area (Å²) >= 11 is 4.57. The molecular weight excluding hydrogens is 306 g/mol. The van der Waals surface area contributed by atoms with Gasteiger partial charge in [0, 0.05) is 15.5 Å². The quantitative estimate of drug-likeness (QED) is 0.811. The molecule has 0 unspecified atom stereocenters. The van der Waals surface area contributed by atoms with Gasteiger partial charge in [-0.25, -0.2) is 0 Å². The Morgan fingerprint density at radius 1 is 1.38 bits per heavy atom. The first-order valence-electron chi connectivity index (χ1n) is 3.28. The van der Waals surface area contributed by atoms with Crippen molar-refractivity contribution in [2.24, 2.45) is 0 Å². The predicted molar refractivity (Wildman–Crippen MR) is 58.2 cm³/mol. The minimum absolute atomic E-state index is 0.691. The van der Waals surface area contributed by atoms with E-state index in [2.05, 4.69) is 0 Å². The molecule has 72 valence electrons. The average molecular weight is 315 g/mol. The molecule has 13 heavy (non-hydrogen) atoms. The van der Waals surface area contributed by atoms with Gasteiger partial charge in [0.1, 0.15) is 0 Å². The van der Waals surface area contributed by atoms with Crippen molar-refractivity contribution in [1.29, 1.82) is 0 Å². The van der Waals surface area contributed by atoms with Crippen molar-refractivity contribution in [2.45, 2.75) is 6.92 Å². The highest BCUT2D eigenvalue weighted by Gasteiger charge is 1.87. The summed E-state index contributed by atoms with van der Waals surface area (Å²) in [6, 6.07) is 7.05. The molecule has 1 aromatic rings. The predicted octanol–water partition coefficient (Wildman–Crippen LogP) is 2.92. The Kier molecular flexibility index (Phi) is 6.70. The highest BCUT2D eigenvalue weighted by molar-refractivity contribution is 14.1. The van der Waals surface area contributed by atoms with Crippen LogP contribution in [0.5, 0.6) is 0 Å². The summed E-state index contributed by atoms with van der Waals surface area (Å²) in [5.41, 5.74) is 0. The smallest absolute Gasteiger partial charge is 0.300 e. The van der Waals surface area contributed by atoms with Gasteiger partial charge >= 0.3 is 0 Å². The van der Waals surface area contributed by atoms with Crippen LogP contribution >= 0.6 is 32.8 Å². The highest BCUT2D eigenvalue weighted by Crippen LogP contribution is 2.13.